The summed E-state index contributed by atoms with van der Waals surface area (Å²) in [4.78, 5) is 39.2. The number of hydrogen-bond donors (Lipinski definition) is 2. The number of imide groups is 1. The summed E-state index contributed by atoms with van der Waals surface area (Å²) < 4.78 is 0. The molecule has 1 saturated heterocycles. The number of carbonyl (C=O) groups excluding carboxylic acids is 3. The molecule has 25 heavy (non-hydrogen) atoms. The Morgan fingerprint density at radius 3 is 2.48 bits per heavy atom. The van der Waals surface area contributed by atoms with Gasteiger partial charge in [-0.05, 0) is 25.5 Å². The van der Waals surface area contributed by atoms with Crippen LogP contribution in [0.4, 0.5) is 4.79 Å². The summed E-state index contributed by atoms with van der Waals surface area (Å²) in [6.45, 7) is 2.75. The van der Waals surface area contributed by atoms with Gasteiger partial charge in [0.15, 0.2) is 0 Å². The molecule has 0 radical (unpaired) electrons. The number of nitrogens with zero attached hydrogens (tertiary/aromatic N) is 2. The van der Waals surface area contributed by atoms with Gasteiger partial charge in [0.2, 0.25) is 11.8 Å². The van der Waals surface area contributed by atoms with E-state index >= 15 is 0 Å². The van der Waals surface area contributed by atoms with Crippen molar-refractivity contribution in [3.8, 4) is 0 Å². The van der Waals surface area contributed by atoms with E-state index in [1.807, 2.05) is 40.1 Å². The zero-order valence-electron chi connectivity index (χ0n) is 14.7. The molecule has 136 valence electrons. The highest BCUT2D eigenvalue weighted by molar-refractivity contribution is 5.94. The third-order valence-corrected chi connectivity index (χ3v) is 4.13. The van der Waals surface area contributed by atoms with Crippen molar-refractivity contribution < 1.29 is 14.4 Å². The Morgan fingerprint density at radius 1 is 1.12 bits per heavy atom. The second-order valence-electron chi connectivity index (χ2n) is 6.29. The molecule has 1 heterocycles. The number of likely N-dealkylation sites (tertiary alicyclic amines) is 1. The van der Waals surface area contributed by atoms with Gasteiger partial charge in [-0.3, -0.25) is 19.8 Å². The van der Waals surface area contributed by atoms with E-state index in [0.717, 1.165) is 31.5 Å². The lowest BCUT2D eigenvalue weighted by molar-refractivity contribution is -0.131. The van der Waals surface area contributed by atoms with Crippen LogP contribution in [0, 0.1) is 0 Å². The molecule has 1 aliphatic rings. The number of nitrogens with one attached hydrogen (secondary N) is 2. The van der Waals surface area contributed by atoms with Crippen molar-refractivity contribution in [2.75, 3.05) is 33.2 Å². The molecule has 0 atom stereocenters. The first-order chi connectivity index (χ1) is 12.0. The van der Waals surface area contributed by atoms with Crippen LogP contribution in [0.2, 0.25) is 0 Å². The molecule has 2 N–H and O–H groups in total. The van der Waals surface area contributed by atoms with Gasteiger partial charge in [-0.2, -0.15) is 0 Å². The van der Waals surface area contributed by atoms with E-state index in [1.165, 1.54) is 0 Å². The Hall–Kier alpha value is -2.41. The monoisotopic (exact) mass is 346 g/mol. The van der Waals surface area contributed by atoms with Gasteiger partial charge in [0.25, 0.3) is 0 Å². The maximum absolute atomic E-state index is 12.0. The Morgan fingerprint density at radius 2 is 1.80 bits per heavy atom. The SMILES string of the molecule is CN(CCC(=O)NC(=O)NCc1ccccc1)CC(=O)N1CCCC1. The first kappa shape index (κ1) is 18.9. The molecule has 0 saturated carbocycles. The van der Waals surface area contributed by atoms with Gasteiger partial charge < -0.3 is 10.2 Å². The number of hydrogen-bond acceptors (Lipinski definition) is 4. The zero-order valence-corrected chi connectivity index (χ0v) is 14.7. The van der Waals surface area contributed by atoms with Crippen molar-refractivity contribution in [2.45, 2.75) is 25.8 Å². The van der Waals surface area contributed by atoms with Crippen LogP contribution < -0.4 is 10.6 Å². The predicted octanol–water partition coefficient (Wildman–Crippen LogP) is 0.957. The maximum Gasteiger partial charge on any atom is 0.321 e. The van der Waals surface area contributed by atoms with Crippen molar-refractivity contribution in [3.63, 3.8) is 0 Å². The minimum atomic E-state index is -0.510. The fourth-order valence-electron chi connectivity index (χ4n) is 2.68. The summed E-state index contributed by atoms with van der Waals surface area (Å²) in [6.07, 6.45) is 2.30. The lowest BCUT2D eigenvalue weighted by Crippen LogP contribution is -2.41. The molecule has 7 nitrogen and oxygen atoms in total. The summed E-state index contributed by atoms with van der Waals surface area (Å²) >= 11 is 0. The highest BCUT2D eigenvalue weighted by Gasteiger charge is 2.19. The van der Waals surface area contributed by atoms with Crippen molar-refractivity contribution in [2.24, 2.45) is 0 Å². The predicted molar refractivity (Wildman–Crippen MR) is 94.7 cm³/mol. The Kier molecular flexibility index (Phi) is 7.40. The van der Waals surface area contributed by atoms with Gasteiger partial charge in [-0.25, -0.2) is 4.79 Å². The normalized spacial score (nSPS) is 13.8. The van der Waals surface area contributed by atoms with Gasteiger partial charge in [-0.1, -0.05) is 30.3 Å². The van der Waals surface area contributed by atoms with Crippen LogP contribution in [0.15, 0.2) is 30.3 Å². The Labute approximate surface area is 148 Å². The topological polar surface area (TPSA) is 81.8 Å². The summed E-state index contributed by atoms with van der Waals surface area (Å²) in [5.74, 6) is -0.257. The molecular formula is C18H26N4O3. The van der Waals surface area contributed by atoms with E-state index in [1.54, 1.807) is 7.05 Å². The molecule has 0 spiro atoms. The van der Waals surface area contributed by atoms with Crippen LogP contribution in [0.1, 0.15) is 24.8 Å². The van der Waals surface area contributed by atoms with Crippen LogP contribution in [0.5, 0.6) is 0 Å². The lowest BCUT2D eigenvalue weighted by Gasteiger charge is -2.20. The van der Waals surface area contributed by atoms with Gasteiger partial charge in [0.1, 0.15) is 0 Å². The summed E-state index contributed by atoms with van der Waals surface area (Å²) in [7, 11) is 1.80. The van der Waals surface area contributed by atoms with E-state index in [4.69, 9.17) is 0 Å². The van der Waals surface area contributed by atoms with E-state index in [-0.39, 0.29) is 18.2 Å². The number of urea groups is 1. The fourth-order valence-corrected chi connectivity index (χ4v) is 2.68. The smallest absolute Gasteiger partial charge is 0.321 e. The highest BCUT2D eigenvalue weighted by atomic mass is 16.2. The van der Waals surface area contributed by atoms with Crippen LogP contribution >= 0.6 is 0 Å². The molecule has 4 amide bonds. The minimum absolute atomic E-state index is 0.0982. The average Bonchev–Trinajstić information content (AvgIpc) is 3.14. The van der Waals surface area contributed by atoms with Crippen LogP contribution in [0.25, 0.3) is 0 Å². The average molecular weight is 346 g/mol. The summed E-state index contributed by atoms with van der Waals surface area (Å²) in [5.41, 5.74) is 0.963. The summed E-state index contributed by atoms with van der Waals surface area (Å²) in [5, 5.41) is 4.94. The number of rotatable bonds is 7. The van der Waals surface area contributed by atoms with E-state index < -0.39 is 6.03 Å². The van der Waals surface area contributed by atoms with Crippen molar-refractivity contribution >= 4 is 17.8 Å². The molecule has 1 aliphatic heterocycles. The van der Waals surface area contributed by atoms with Crippen LogP contribution in [0.3, 0.4) is 0 Å². The minimum Gasteiger partial charge on any atom is -0.342 e. The molecule has 0 aromatic heterocycles. The van der Waals surface area contributed by atoms with Crippen LogP contribution in [-0.4, -0.2) is 60.9 Å². The van der Waals surface area contributed by atoms with Crippen LogP contribution in [-0.2, 0) is 16.1 Å². The first-order valence-corrected chi connectivity index (χ1v) is 8.62. The quantitative estimate of drug-likeness (QED) is 0.770. The van der Waals surface area contributed by atoms with Crippen molar-refractivity contribution in [1.82, 2.24) is 20.4 Å². The molecule has 0 aliphatic carbocycles. The first-order valence-electron chi connectivity index (χ1n) is 8.62. The standard InChI is InChI=1S/C18H26N4O3/c1-21(14-17(24)22-10-5-6-11-22)12-9-16(23)20-18(25)19-13-15-7-3-2-4-8-15/h2-4,7-8H,5-6,9-14H2,1H3,(H2,19,20,23,25). The number of likely N-dealkylation sites (N-methyl/N-ethyl adjacent to an activating group) is 1. The second-order valence-corrected chi connectivity index (χ2v) is 6.29. The molecule has 0 bridgehead atoms. The Bertz CT molecular complexity index is 585. The highest BCUT2D eigenvalue weighted by Crippen LogP contribution is 2.07. The number of amides is 4. The Balaban J connectivity index is 1.60. The zero-order chi connectivity index (χ0) is 18.1. The molecule has 1 aromatic carbocycles. The van der Waals surface area contributed by atoms with Crippen molar-refractivity contribution in [1.29, 1.82) is 0 Å². The van der Waals surface area contributed by atoms with E-state index in [2.05, 4.69) is 10.6 Å². The van der Waals surface area contributed by atoms with Gasteiger partial charge >= 0.3 is 6.03 Å². The number of carbonyl (C=O) groups is 3. The molecule has 1 aromatic rings. The number of benzene rings is 1. The summed E-state index contributed by atoms with van der Waals surface area (Å²) in [6, 6.07) is 8.96. The van der Waals surface area contributed by atoms with E-state index in [9.17, 15) is 14.4 Å². The third kappa shape index (κ3) is 6.93. The second kappa shape index (κ2) is 9.78. The fraction of sp³-hybridized carbons (Fsp3) is 0.500. The maximum atomic E-state index is 12.0. The third-order valence-electron chi connectivity index (χ3n) is 4.13. The van der Waals surface area contributed by atoms with Gasteiger partial charge in [-0.15, -0.1) is 0 Å². The van der Waals surface area contributed by atoms with E-state index in [0.29, 0.717) is 19.6 Å². The van der Waals surface area contributed by atoms with Gasteiger partial charge in [0, 0.05) is 32.6 Å². The molecule has 1 fully saturated rings. The molecule has 0 unspecified atom stereocenters. The van der Waals surface area contributed by atoms with Gasteiger partial charge in [0.05, 0.1) is 6.54 Å². The molecule has 7 heteroatoms. The lowest BCUT2D eigenvalue weighted by atomic mass is 10.2. The molecule has 2 rings (SSSR count). The van der Waals surface area contributed by atoms with Crippen molar-refractivity contribution in [3.05, 3.63) is 35.9 Å². The largest absolute Gasteiger partial charge is 0.342 e. The molecular weight excluding hydrogens is 320 g/mol.